The summed E-state index contributed by atoms with van der Waals surface area (Å²) in [7, 11) is 3.04. The summed E-state index contributed by atoms with van der Waals surface area (Å²) in [5.41, 5.74) is 0.705. The van der Waals surface area contributed by atoms with Gasteiger partial charge in [0.1, 0.15) is 18.5 Å². The van der Waals surface area contributed by atoms with Crippen molar-refractivity contribution in [3.63, 3.8) is 0 Å². The lowest BCUT2D eigenvalue weighted by atomic mass is 9.97. The Morgan fingerprint density at radius 2 is 2.15 bits per heavy atom. The van der Waals surface area contributed by atoms with Gasteiger partial charge in [-0.05, 0) is 18.9 Å². The fourth-order valence-corrected chi connectivity index (χ4v) is 3.34. The minimum atomic E-state index is -4.39. The highest BCUT2D eigenvalue weighted by Crippen LogP contribution is 2.26. The Labute approximate surface area is 148 Å². The minimum absolute atomic E-state index is 0.355. The van der Waals surface area contributed by atoms with Gasteiger partial charge in [-0.15, -0.1) is 0 Å². The van der Waals surface area contributed by atoms with E-state index >= 15 is 0 Å². The van der Waals surface area contributed by atoms with Crippen LogP contribution in [0.15, 0.2) is 18.6 Å². The highest BCUT2D eigenvalue weighted by atomic mass is 19.4. The van der Waals surface area contributed by atoms with Crippen LogP contribution in [0.3, 0.4) is 0 Å². The van der Waals surface area contributed by atoms with Gasteiger partial charge in [-0.3, -0.25) is 9.80 Å². The summed E-state index contributed by atoms with van der Waals surface area (Å²) < 4.78 is 37.6. The Kier molecular flexibility index (Phi) is 5.03. The quantitative estimate of drug-likeness (QED) is 0.892. The lowest BCUT2D eigenvalue weighted by molar-refractivity contribution is -0.162. The van der Waals surface area contributed by atoms with Gasteiger partial charge in [-0.2, -0.15) is 13.2 Å². The fraction of sp³-hybridized carbons (Fsp3) is 0.562. The zero-order valence-corrected chi connectivity index (χ0v) is 14.6. The summed E-state index contributed by atoms with van der Waals surface area (Å²) in [4.78, 5) is 24.7. The third-order valence-corrected chi connectivity index (χ3v) is 4.61. The number of hydrazine groups is 1. The topological polar surface area (TPSA) is 68.4 Å². The van der Waals surface area contributed by atoms with Gasteiger partial charge in [-0.25, -0.2) is 15.0 Å². The van der Waals surface area contributed by atoms with Gasteiger partial charge in [0.15, 0.2) is 5.82 Å². The minimum Gasteiger partial charge on any atom is -0.346 e. The van der Waals surface area contributed by atoms with E-state index in [2.05, 4.69) is 15.0 Å². The number of carbonyl (C=O) groups excluding carboxylic acids is 1. The number of aromatic amines is 1. The normalized spacial score (nSPS) is 18.9. The van der Waals surface area contributed by atoms with E-state index < -0.39 is 24.5 Å². The van der Waals surface area contributed by atoms with E-state index in [1.54, 1.807) is 6.20 Å². The van der Waals surface area contributed by atoms with Gasteiger partial charge in [0.25, 0.3) is 0 Å². The number of hydrogen-bond acceptors (Lipinski definition) is 5. The van der Waals surface area contributed by atoms with Crippen molar-refractivity contribution in [2.45, 2.75) is 19.0 Å². The van der Waals surface area contributed by atoms with Crippen molar-refractivity contribution < 1.29 is 18.0 Å². The van der Waals surface area contributed by atoms with E-state index in [0.717, 1.165) is 16.7 Å². The first-order chi connectivity index (χ1) is 12.3. The average molecular weight is 370 g/mol. The van der Waals surface area contributed by atoms with Gasteiger partial charge in [0.05, 0.1) is 11.3 Å². The molecule has 26 heavy (non-hydrogen) atoms. The van der Waals surface area contributed by atoms with Crippen molar-refractivity contribution in [2.24, 2.45) is 5.92 Å². The van der Waals surface area contributed by atoms with Crippen LogP contribution in [0.4, 0.5) is 19.0 Å². The van der Waals surface area contributed by atoms with E-state index in [1.165, 1.54) is 13.4 Å². The molecule has 2 aromatic rings. The molecule has 2 aromatic heterocycles. The average Bonchev–Trinajstić information content (AvgIpc) is 3.07. The number of hydrogen-bond donors (Lipinski definition) is 1. The molecule has 1 aliphatic rings. The van der Waals surface area contributed by atoms with Crippen molar-refractivity contribution in [3.05, 3.63) is 18.6 Å². The molecule has 1 amide bonds. The van der Waals surface area contributed by atoms with Crippen molar-refractivity contribution in [2.75, 3.05) is 38.7 Å². The Morgan fingerprint density at radius 1 is 1.38 bits per heavy atom. The van der Waals surface area contributed by atoms with E-state index in [-0.39, 0.29) is 0 Å². The Bertz CT molecular complexity index is 777. The number of nitrogens with zero attached hydrogens (tertiary/aromatic N) is 5. The smallest absolute Gasteiger partial charge is 0.346 e. The summed E-state index contributed by atoms with van der Waals surface area (Å²) in [6.07, 6.45) is 0.132. The van der Waals surface area contributed by atoms with Crippen molar-refractivity contribution in [3.8, 4) is 0 Å². The van der Waals surface area contributed by atoms with Crippen LogP contribution in [-0.4, -0.2) is 70.7 Å². The molecule has 1 fully saturated rings. The number of amides is 1. The van der Waals surface area contributed by atoms with Gasteiger partial charge in [-0.1, -0.05) is 0 Å². The maximum atomic E-state index is 12.5. The van der Waals surface area contributed by atoms with Crippen LogP contribution in [0, 0.1) is 5.92 Å². The van der Waals surface area contributed by atoms with Crippen LogP contribution in [0.2, 0.25) is 0 Å². The molecule has 1 saturated heterocycles. The SMILES string of the molecule is CN(CC(F)(F)F)C(=O)C1CCCN(N(C)c2ncnc3[nH]ccc23)C1. The van der Waals surface area contributed by atoms with E-state index in [9.17, 15) is 18.0 Å². The summed E-state index contributed by atoms with van der Waals surface area (Å²) in [6.45, 7) is -0.166. The molecule has 142 valence electrons. The van der Waals surface area contributed by atoms with Crippen molar-refractivity contribution >= 4 is 22.8 Å². The molecule has 0 spiro atoms. The number of rotatable bonds is 4. The van der Waals surface area contributed by atoms with Crippen molar-refractivity contribution in [1.29, 1.82) is 0 Å². The molecule has 1 unspecified atom stereocenters. The molecule has 10 heteroatoms. The van der Waals surface area contributed by atoms with E-state index in [4.69, 9.17) is 0 Å². The largest absolute Gasteiger partial charge is 0.406 e. The van der Waals surface area contributed by atoms with Gasteiger partial charge < -0.3 is 9.88 Å². The van der Waals surface area contributed by atoms with Gasteiger partial charge >= 0.3 is 6.18 Å². The second-order valence-electron chi connectivity index (χ2n) is 6.52. The van der Waals surface area contributed by atoms with E-state index in [0.29, 0.717) is 31.0 Å². The van der Waals surface area contributed by atoms with Gasteiger partial charge in [0.2, 0.25) is 5.91 Å². The first-order valence-electron chi connectivity index (χ1n) is 8.34. The zero-order chi connectivity index (χ0) is 18.9. The first kappa shape index (κ1) is 18.4. The molecule has 1 atom stereocenters. The number of anilines is 1. The Balaban J connectivity index is 1.72. The molecule has 1 N–H and O–H groups in total. The molecule has 0 aliphatic carbocycles. The lowest BCUT2D eigenvalue weighted by Crippen LogP contribution is -2.51. The molecular formula is C16H21F3N6O. The van der Waals surface area contributed by atoms with Gasteiger partial charge in [0, 0.05) is 33.4 Å². The third kappa shape index (κ3) is 3.90. The predicted octanol–water partition coefficient (Wildman–Crippen LogP) is 2.04. The monoisotopic (exact) mass is 370 g/mol. The molecular weight excluding hydrogens is 349 g/mol. The number of carbonyl (C=O) groups is 1. The number of aromatic nitrogens is 3. The standard InChI is InChI=1S/C16H21F3N6O/c1-23(9-16(17,18)19)15(26)11-4-3-7-25(8-11)24(2)14-12-5-6-20-13(12)21-10-22-14/h5-6,10-11H,3-4,7-9H2,1-2H3,(H,20,21,22). The van der Waals surface area contributed by atoms with E-state index in [1.807, 2.05) is 23.1 Å². The number of fused-ring (bicyclic) bond motifs is 1. The highest BCUT2D eigenvalue weighted by molar-refractivity contribution is 5.87. The number of H-pyrrole nitrogens is 1. The summed E-state index contributed by atoms with van der Waals surface area (Å²) in [5.74, 6) is -0.259. The lowest BCUT2D eigenvalue weighted by Gasteiger charge is -2.39. The zero-order valence-electron chi connectivity index (χ0n) is 14.6. The predicted molar refractivity (Wildman–Crippen MR) is 90.3 cm³/mol. The maximum absolute atomic E-state index is 12.5. The Hall–Kier alpha value is -2.36. The molecule has 7 nitrogen and oxygen atoms in total. The summed E-state index contributed by atoms with van der Waals surface area (Å²) in [6, 6.07) is 1.87. The molecule has 3 rings (SSSR count). The third-order valence-electron chi connectivity index (χ3n) is 4.61. The first-order valence-corrected chi connectivity index (χ1v) is 8.34. The highest BCUT2D eigenvalue weighted by Gasteiger charge is 2.35. The summed E-state index contributed by atoms with van der Waals surface area (Å²) >= 11 is 0. The molecule has 0 saturated carbocycles. The number of piperidine rings is 1. The van der Waals surface area contributed by atoms with Crippen LogP contribution in [0.25, 0.3) is 11.0 Å². The summed E-state index contributed by atoms with van der Waals surface area (Å²) in [5, 5.41) is 4.64. The molecule has 0 aromatic carbocycles. The van der Waals surface area contributed by atoms with Crippen LogP contribution in [-0.2, 0) is 4.79 Å². The Morgan fingerprint density at radius 3 is 2.88 bits per heavy atom. The second kappa shape index (κ2) is 7.10. The fourth-order valence-electron chi connectivity index (χ4n) is 3.34. The second-order valence-corrected chi connectivity index (χ2v) is 6.52. The molecule has 0 bridgehead atoms. The molecule has 0 radical (unpaired) electrons. The van der Waals surface area contributed by atoms with Crippen LogP contribution in [0.5, 0.6) is 0 Å². The molecule has 3 heterocycles. The molecule has 1 aliphatic heterocycles. The van der Waals surface area contributed by atoms with Crippen molar-refractivity contribution in [1.82, 2.24) is 24.9 Å². The number of nitrogens with one attached hydrogen (secondary N) is 1. The maximum Gasteiger partial charge on any atom is 0.406 e. The van der Waals surface area contributed by atoms with Crippen LogP contribution >= 0.6 is 0 Å². The van der Waals surface area contributed by atoms with Crippen LogP contribution in [0.1, 0.15) is 12.8 Å². The van der Waals surface area contributed by atoms with Crippen LogP contribution < -0.4 is 5.01 Å². The number of alkyl halides is 3. The number of halogens is 3.